The first-order valence-corrected chi connectivity index (χ1v) is 12.3. The van der Waals surface area contributed by atoms with Gasteiger partial charge in [0, 0.05) is 17.6 Å². The van der Waals surface area contributed by atoms with E-state index in [1.54, 1.807) is 6.07 Å². The van der Waals surface area contributed by atoms with Crippen LogP contribution in [0, 0.1) is 5.92 Å². The van der Waals surface area contributed by atoms with E-state index in [-0.39, 0.29) is 16.7 Å². The van der Waals surface area contributed by atoms with Crippen LogP contribution in [0.2, 0.25) is 5.02 Å². The predicted molar refractivity (Wildman–Crippen MR) is 112 cm³/mol. The monoisotopic (exact) mass is 478 g/mol. The van der Waals surface area contributed by atoms with E-state index in [0.29, 0.717) is 9.50 Å². The molecule has 1 aliphatic heterocycles. The summed E-state index contributed by atoms with van der Waals surface area (Å²) in [7, 11) is -2.25. The van der Waals surface area contributed by atoms with Crippen LogP contribution in [0.5, 0.6) is 5.75 Å². The average molecular weight is 480 g/mol. The van der Waals surface area contributed by atoms with E-state index in [0.717, 1.165) is 38.4 Å². The topological polar surface area (TPSA) is 58.6 Å². The number of hydrogen-bond acceptors (Lipinski definition) is 4. The quantitative estimate of drug-likeness (QED) is 0.655. The summed E-state index contributed by atoms with van der Waals surface area (Å²) in [6.45, 7) is 3.05. The van der Waals surface area contributed by atoms with Crippen molar-refractivity contribution in [1.82, 2.24) is 9.62 Å². The number of nitrogens with one attached hydrogen (secondary N) is 1. The van der Waals surface area contributed by atoms with Gasteiger partial charge in [0.05, 0.1) is 11.6 Å². The molecule has 1 aromatic rings. The summed E-state index contributed by atoms with van der Waals surface area (Å²) in [6, 6.07) is 3.01. The highest BCUT2D eigenvalue weighted by Gasteiger charge is 2.29. The molecule has 0 spiro atoms. The van der Waals surface area contributed by atoms with Gasteiger partial charge >= 0.3 is 0 Å². The van der Waals surface area contributed by atoms with E-state index < -0.39 is 10.0 Å². The Hall–Kier alpha value is -0.340. The summed E-state index contributed by atoms with van der Waals surface area (Å²) in [5.41, 5.74) is 0. The summed E-state index contributed by atoms with van der Waals surface area (Å²) in [4.78, 5) is 2.58. The molecule has 3 rings (SSSR count). The summed E-state index contributed by atoms with van der Waals surface area (Å²) < 4.78 is 34.5. The van der Waals surface area contributed by atoms with Crippen molar-refractivity contribution < 1.29 is 13.2 Å². The third-order valence-corrected chi connectivity index (χ3v) is 7.95. The molecule has 0 amide bonds. The Labute approximate surface area is 176 Å². The fourth-order valence-electron chi connectivity index (χ4n) is 4.19. The second-order valence-corrected chi connectivity index (χ2v) is 10.6. The lowest BCUT2D eigenvalue weighted by Gasteiger charge is -2.35. The zero-order valence-corrected chi connectivity index (χ0v) is 18.9. The second-order valence-electron chi connectivity index (χ2n) is 7.62. The molecule has 8 heteroatoms. The van der Waals surface area contributed by atoms with Crippen molar-refractivity contribution in [2.24, 2.45) is 5.92 Å². The van der Waals surface area contributed by atoms with E-state index in [1.807, 2.05) is 0 Å². The van der Waals surface area contributed by atoms with Gasteiger partial charge in [0.25, 0.3) is 0 Å². The highest BCUT2D eigenvalue weighted by atomic mass is 79.9. The zero-order chi connectivity index (χ0) is 19.4. The van der Waals surface area contributed by atoms with E-state index in [1.165, 1.54) is 45.3 Å². The number of nitrogens with zero attached hydrogens (tertiary/aromatic N) is 1. The maximum atomic E-state index is 12.9. The predicted octanol–water partition coefficient (Wildman–Crippen LogP) is 4.43. The number of halogens is 2. The molecule has 27 heavy (non-hydrogen) atoms. The van der Waals surface area contributed by atoms with Crippen LogP contribution in [-0.4, -0.2) is 46.1 Å². The number of hydrogen-bond donors (Lipinski definition) is 1. The SMILES string of the molecule is COc1c(Br)cc(Cl)cc1S(=O)(=O)NC1CCN(CC2CCCCC2)CC1. The van der Waals surface area contributed by atoms with E-state index >= 15 is 0 Å². The Kier molecular flexibility index (Phi) is 7.47. The molecule has 2 aliphatic rings. The summed E-state index contributed by atoms with van der Waals surface area (Å²) in [5.74, 6) is 1.10. The number of rotatable bonds is 6. The maximum absolute atomic E-state index is 12.9. The number of benzene rings is 1. The molecule has 1 heterocycles. The van der Waals surface area contributed by atoms with Gasteiger partial charge in [-0.15, -0.1) is 0 Å². The van der Waals surface area contributed by atoms with Gasteiger partial charge in [0.15, 0.2) is 5.75 Å². The Morgan fingerprint density at radius 3 is 2.48 bits per heavy atom. The normalized spacial score (nSPS) is 20.7. The lowest BCUT2D eigenvalue weighted by atomic mass is 9.88. The summed E-state index contributed by atoms with van der Waals surface area (Å²) in [5, 5.41) is 0.352. The fourth-order valence-corrected chi connectivity index (χ4v) is 6.87. The van der Waals surface area contributed by atoms with Gasteiger partial charge in [-0.1, -0.05) is 30.9 Å². The minimum absolute atomic E-state index is 0.0555. The molecule has 1 saturated carbocycles. The average Bonchev–Trinajstić information content (AvgIpc) is 2.63. The van der Waals surface area contributed by atoms with E-state index in [2.05, 4.69) is 25.6 Å². The molecule has 1 saturated heterocycles. The largest absolute Gasteiger partial charge is 0.494 e. The first-order valence-electron chi connectivity index (χ1n) is 9.67. The number of likely N-dealkylation sites (tertiary alicyclic amines) is 1. The molecular weight excluding hydrogens is 452 g/mol. The summed E-state index contributed by atoms with van der Waals surface area (Å²) >= 11 is 9.38. The van der Waals surface area contributed by atoms with Crippen molar-refractivity contribution in [1.29, 1.82) is 0 Å². The molecule has 0 radical (unpaired) electrons. The van der Waals surface area contributed by atoms with E-state index in [4.69, 9.17) is 16.3 Å². The highest BCUT2D eigenvalue weighted by Crippen LogP contribution is 2.35. The lowest BCUT2D eigenvalue weighted by Crippen LogP contribution is -2.45. The van der Waals surface area contributed by atoms with Gasteiger partial charge in [-0.2, -0.15) is 0 Å². The Balaban J connectivity index is 1.59. The van der Waals surface area contributed by atoms with Crippen LogP contribution < -0.4 is 9.46 Å². The van der Waals surface area contributed by atoms with Gasteiger partial charge < -0.3 is 9.64 Å². The Bertz CT molecular complexity index is 746. The molecule has 2 fully saturated rings. The van der Waals surface area contributed by atoms with Crippen LogP contribution in [-0.2, 0) is 10.0 Å². The zero-order valence-electron chi connectivity index (χ0n) is 15.7. The third kappa shape index (κ3) is 5.60. The molecule has 1 aliphatic carbocycles. The first-order chi connectivity index (χ1) is 12.9. The standard InChI is InChI=1S/C19H28BrClN2O3S/c1-26-19-17(20)11-15(21)12-18(19)27(24,25)22-16-7-9-23(10-8-16)13-14-5-3-2-4-6-14/h11-12,14,16,22H,2-10,13H2,1H3. The van der Waals surface area contributed by atoms with Gasteiger partial charge in [0.1, 0.15) is 4.90 Å². The van der Waals surface area contributed by atoms with Crippen LogP contribution in [0.3, 0.4) is 0 Å². The molecule has 1 N–H and O–H groups in total. The first kappa shape index (κ1) is 21.4. The second kappa shape index (κ2) is 9.44. The van der Waals surface area contributed by atoms with Crippen LogP contribution >= 0.6 is 27.5 Å². The highest BCUT2D eigenvalue weighted by molar-refractivity contribution is 9.10. The smallest absolute Gasteiger partial charge is 0.244 e. The van der Waals surface area contributed by atoms with Crippen LogP contribution in [0.4, 0.5) is 0 Å². The molecule has 0 unspecified atom stereocenters. The van der Waals surface area contributed by atoms with Gasteiger partial charge in [-0.25, -0.2) is 13.1 Å². The fraction of sp³-hybridized carbons (Fsp3) is 0.684. The van der Waals surface area contributed by atoms with Crippen LogP contribution in [0.25, 0.3) is 0 Å². The van der Waals surface area contributed by atoms with Crippen molar-refractivity contribution in [3.05, 3.63) is 21.6 Å². The number of ether oxygens (including phenoxy) is 1. The molecule has 0 bridgehead atoms. The van der Waals surface area contributed by atoms with Crippen LogP contribution in [0.15, 0.2) is 21.5 Å². The summed E-state index contributed by atoms with van der Waals surface area (Å²) in [6.07, 6.45) is 8.44. The number of piperidine rings is 1. The third-order valence-electron chi connectivity index (χ3n) is 5.62. The minimum Gasteiger partial charge on any atom is -0.494 e. The molecular formula is C19H28BrClN2O3S. The van der Waals surface area contributed by atoms with Crippen molar-refractivity contribution >= 4 is 37.6 Å². The molecule has 5 nitrogen and oxygen atoms in total. The molecule has 0 atom stereocenters. The molecule has 1 aromatic carbocycles. The maximum Gasteiger partial charge on any atom is 0.244 e. The number of sulfonamides is 1. The van der Waals surface area contributed by atoms with Crippen molar-refractivity contribution in [2.45, 2.75) is 55.9 Å². The number of methoxy groups -OCH3 is 1. The van der Waals surface area contributed by atoms with Gasteiger partial charge in [0.2, 0.25) is 10.0 Å². The van der Waals surface area contributed by atoms with E-state index in [9.17, 15) is 8.42 Å². The lowest BCUT2D eigenvalue weighted by molar-refractivity contribution is 0.161. The molecule has 0 aromatic heterocycles. The Morgan fingerprint density at radius 1 is 1.19 bits per heavy atom. The van der Waals surface area contributed by atoms with Gasteiger partial charge in [-0.3, -0.25) is 0 Å². The van der Waals surface area contributed by atoms with Crippen molar-refractivity contribution in [3.63, 3.8) is 0 Å². The van der Waals surface area contributed by atoms with Crippen molar-refractivity contribution in [3.8, 4) is 5.75 Å². The molecule has 152 valence electrons. The van der Waals surface area contributed by atoms with Crippen LogP contribution in [0.1, 0.15) is 44.9 Å². The van der Waals surface area contributed by atoms with Crippen molar-refractivity contribution in [2.75, 3.05) is 26.7 Å². The minimum atomic E-state index is -3.70. The Morgan fingerprint density at radius 2 is 1.85 bits per heavy atom. The van der Waals surface area contributed by atoms with Gasteiger partial charge in [-0.05, 0) is 72.8 Å².